The minimum atomic E-state index is -0.0415. The molecule has 0 N–H and O–H groups in total. The Hall–Kier alpha value is -8.92. The minimum Gasteiger partial charge on any atom is -0.311 e. The molecule has 0 saturated carbocycles. The molecule has 0 saturated heterocycles. The standard InChI is InChI=1S/C66H45BN2/c1-7-20-46(21-8-1)52-34-36-60-64(44-52)68(58-40-54(48-24-11-3-12-25-48)38-55(41-58)49-26-13-4-14-27-49)62-32-19-33-63-66(62)67(60)61-37-35-53(47-22-9-2-10-23-47)45-65(61)69(63)59-42-56(50-28-15-5-16-29-50)39-57(43-59)51-30-17-6-18-31-51/h1-45H. The largest absolute Gasteiger partial charge is 0.311 e. The number of fused-ring (bicyclic) bond motifs is 4. The van der Waals surface area contributed by atoms with Gasteiger partial charge in [-0.15, -0.1) is 0 Å². The second-order valence-corrected chi connectivity index (χ2v) is 18.1. The average molecular weight is 877 g/mol. The molecule has 0 fully saturated rings. The van der Waals surface area contributed by atoms with E-state index in [0.717, 1.165) is 11.4 Å². The molecule has 0 amide bonds. The van der Waals surface area contributed by atoms with E-state index < -0.39 is 0 Å². The van der Waals surface area contributed by atoms with Crippen LogP contribution in [0.15, 0.2) is 273 Å². The van der Waals surface area contributed by atoms with Crippen molar-refractivity contribution < 1.29 is 0 Å². The zero-order valence-corrected chi connectivity index (χ0v) is 38.0. The van der Waals surface area contributed by atoms with Crippen molar-refractivity contribution >= 4 is 57.2 Å². The van der Waals surface area contributed by atoms with Crippen molar-refractivity contribution in [1.82, 2.24) is 0 Å². The van der Waals surface area contributed by atoms with Crippen LogP contribution in [0.5, 0.6) is 0 Å². The van der Waals surface area contributed by atoms with Crippen molar-refractivity contribution in [1.29, 1.82) is 0 Å². The topological polar surface area (TPSA) is 6.48 Å². The molecule has 322 valence electrons. The van der Waals surface area contributed by atoms with Gasteiger partial charge in [0.15, 0.2) is 0 Å². The van der Waals surface area contributed by atoms with E-state index in [-0.39, 0.29) is 6.71 Å². The first-order chi connectivity index (χ1) is 34.2. The van der Waals surface area contributed by atoms with Gasteiger partial charge in [0.05, 0.1) is 0 Å². The molecule has 11 aromatic carbocycles. The average Bonchev–Trinajstić information content (AvgIpc) is 3.44. The number of nitrogens with zero attached hydrogens (tertiary/aromatic N) is 2. The number of hydrogen-bond donors (Lipinski definition) is 0. The first kappa shape index (κ1) is 40.4. The van der Waals surface area contributed by atoms with Crippen LogP contribution in [-0.4, -0.2) is 6.71 Å². The SMILES string of the molecule is c1ccc(-c2cc(-c3ccccc3)cc(N3c4cc(-c5ccccc5)ccc4B4c5ccc(-c6ccccc6)cc5N(c5cc(-c6ccccc6)cc(-c6ccccc6)c5)c5cccc3c54)c2)cc1. The van der Waals surface area contributed by atoms with Gasteiger partial charge < -0.3 is 9.80 Å². The summed E-state index contributed by atoms with van der Waals surface area (Å²) in [4.78, 5) is 5.10. The van der Waals surface area contributed by atoms with Crippen LogP contribution in [0.3, 0.4) is 0 Å². The molecule has 0 bridgehead atoms. The molecule has 69 heavy (non-hydrogen) atoms. The molecular weight excluding hydrogens is 832 g/mol. The monoisotopic (exact) mass is 876 g/mol. The number of anilines is 6. The molecule has 0 unspecified atom stereocenters. The van der Waals surface area contributed by atoms with Gasteiger partial charge in [-0.1, -0.05) is 212 Å². The van der Waals surface area contributed by atoms with Crippen molar-refractivity contribution in [2.24, 2.45) is 0 Å². The predicted molar refractivity (Wildman–Crippen MR) is 293 cm³/mol. The van der Waals surface area contributed by atoms with Crippen LogP contribution in [-0.2, 0) is 0 Å². The maximum Gasteiger partial charge on any atom is 0.252 e. The van der Waals surface area contributed by atoms with Crippen LogP contribution in [0.1, 0.15) is 0 Å². The Bertz CT molecular complexity index is 3300. The lowest BCUT2D eigenvalue weighted by Crippen LogP contribution is -2.61. The van der Waals surface area contributed by atoms with Gasteiger partial charge >= 0.3 is 0 Å². The Morgan fingerprint density at radius 1 is 0.203 bits per heavy atom. The number of rotatable bonds is 8. The molecule has 2 nitrogen and oxygen atoms in total. The van der Waals surface area contributed by atoms with Crippen LogP contribution in [0.25, 0.3) is 66.8 Å². The van der Waals surface area contributed by atoms with E-state index >= 15 is 0 Å². The molecule has 0 aliphatic carbocycles. The van der Waals surface area contributed by atoms with E-state index in [1.165, 1.54) is 106 Å². The van der Waals surface area contributed by atoms with Crippen LogP contribution in [0.2, 0.25) is 0 Å². The lowest BCUT2D eigenvalue weighted by molar-refractivity contribution is 1.25. The predicted octanol–water partition coefficient (Wildman–Crippen LogP) is 15.8. The van der Waals surface area contributed by atoms with Crippen LogP contribution in [0, 0.1) is 0 Å². The van der Waals surface area contributed by atoms with Gasteiger partial charge in [-0.2, -0.15) is 0 Å². The highest BCUT2D eigenvalue weighted by atomic mass is 15.2. The highest BCUT2D eigenvalue weighted by Crippen LogP contribution is 2.48. The van der Waals surface area contributed by atoms with Gasteiger partial charge in [0.2, 0.25) is 0 Å². The van der Waals surface area contributed by atoms with Gasteiger partial charge in [-0.3, -0.25) is 0 Å². The third-order valence-corrected chi connectivity index (χ3v) is 14.0. The highest BCUT2D eigenvalue weighted by Gasteiger charge is 2.43. The van der Waals surface area contributed by atoms with Crippen molar-refractivity contribution in [3.8, 4) is 66.8 Å². The van der Waals surface area contributed by atoms with Crippen molar-refractivity contribution in [3.05, 3.63) is 273 Å². The minimum absolute atomic E-state index is 0.0415. The second-order valence-electron chi connectivity index (χ2n) is 18.1. The summed E-state index contributed by atoms with van der Waals surface area (Å²) < 4.78 is 0. The Kier molecular flexibility index (Phi) is 9.98. The molecule has 2 heterocycles. The van der Waals surface area contributed by atoms with Gasteiger partial charge in [0, 0.05) is 34.1 Å². The van der Waals surface area contributed by atoms with E-state index in [0.29, 0.717) is 0 Å². The van der Waals surface area contributed by atoms with E-state index in [4.69, 9.17) is 0 Å². The normalized spacial score (nSPS) is 12.3. The Morgan fingerprint density at radius 3 is 0.797 bits per heavy atom. The zero-order valence-electron chi connectivity index (χ0n) is 38.0. The Labute approximate surface area is 404 Å². The third kappa shape index (κ3) is 7.24. The lowest BCUT2D eigenvalue weighted by atomic mass is 9.33. The fraction of sp³-hybridized carbons (Fsp3) is 0. The molecular formula is C66H45BN2. The summed E-state index contributed by atoms with van der Waals surface area (Å²) in [5.74, 6) is 0. The maximum atomic E-state index is 2.55. The van der Waals surface area contributed by atoms with E-state index in [2.05, 4.69) is 283 Å². The van der Waals surface area contributed by atoms with E-state index in [1.807, 2.05) is 0 Å². The van der Waals surface area contributed by atoms with E-state index in [1.54, 1.807) is 0 Å². The molecule has 0 aromatic heterocycles. The zero-order chi connectivity index (χ0) is 45.7. The van der Waals surface area contributed by atoms with Crippen LogP contribution < -0.4 is 26.2 Å². The molecule has 13 rings (SSSR count). The molecule has 2 aliphatic heterocycles. The molecule has 0 radical (unpaired) electrons. The van der Waals surface area contributed by atoms with Gasteiger partial charge in [-0.25, -0.2) is 0 Å². The second kappa shape index (κ2) is 17.1. The van der Waals surface area contributed by atoms with Crippen molar-refractivity contribution in [2.75, 3.05) is 9.80 Å². The Balaban J connectivity index is 1.11. The first-order valence-corrected chi connectivity index (χ1v) is 23.9. The number of hydrogen-bond acceptors (Lipinski definition) is 2. The van der Waals surface area contributed by atoms with Crippen LogP contribution in [0.4, 0.5) is 34.1 Å². The molecule has 11 aromatic rings. The fourth-order valence-electron chi connectivity index (χ4n) is 10.8. The highest BCUT2D eigenvalue weighted by molar-refractivity contribution is 7.00. The third-order valence-electron chi connectivity index (χ3n) is 14.0. The van der Waals surface area contributed by atoms with Crippen molar-refractivity contribution in [2.45, 2.75) is 0 Å². The fourth-order valence-corrected chi connectivity index (χ4v) is 10.8. The summed E-state index contributed by atoms with van der Waals surface area (Å²) in [6.07, 6.45) is 0. The molecule has 2 aliphatic rings. The molecule has 0 atom stereocenters. The summed E-state index contributed by atoms with van der Waals surface area (Å²) in [7, 11) is 0. The van der Waals surface area contributed by atoms with Gasteiger partial charge in [-0.05, 0) is 144 Å². The first-order valence-electron chi connectivity index (χ1n) is 23.9. The van der Waals surface area contributed by atoms with Crippen molar-refractivity contribution in [3.63, 3.8) is 0 Å². The quantitative estimate of drug-likeness (QED) is 0.140. The molecule has 3 heteroatoms. The van der Waals surface area contributed by atoms with E-state index in [9.17, 15) is 0 Å². The smallest absolute Gasteiger partial charge is 0.252 e. The lowest BCUT2D eigenvalue weighted by Gasteiger charge is -2.44. The summed E-state index contributed by atoms with van der Waals surface area (Å²) in [6, 6.07) is 100. The maximum absolute atomic E-state index is 2.55. The summed E-state index contributed by atoms with van der Waals surface area (Å²) in [5, 5.41) is 0. The summed E-state index contributed by atoms with van der Waals surface area (Å²) in [5.41, 5.74) is 24.9. The molecule has 0 spiro atoms. The van der Waals surface area contributed by atoms with Crippen LogP contribution >= 0.6 is 0 Å². The summed E-state index contributed by atoms with van der Waals surface area (Å²) in [6.45, 7) is -0.0415. The van der Waals surface area contributed by atoms with Gasteiger partial charge in [0.25, 0.3) is 6.71 Å². The van der Waals surface area contributed by atoms with Gasteiger partial charge in [0.1, 0.15) is 0 Å². The Morgan fingerprint density at radius 2 is 0.493 bits per heavy atom. The summed E-state index contributed by atoms with van der Waals surface area (Å²) >= 11 is 0. The number of benzene rings is 11.